The first-order valence-corrected chi connectivity index (χ1v) is 20.5. The summed E-state index contributed by atoms with van der Waals surface area (Å²) in [7, 11) is -3.93. The topological polar surface area (TPSA) is 218 Å². The number of carbonyl (C=O) groups excluding carboxylic acids is 3. The second-order valence-corrected chi connectivity index (χ2v) is 17.1. The molecule has 0 spiro atoms. The van der Waals surface area contributed by atoms with Crippen molar-refractivity contribution in [3.8, 4) is 23.1 Å². The van der Waals surface area contributed by atoms with Crippen molar-refractivity contribution >= 4 is 39.4 Å². The Labute approximate surface area is 342 Å². The summed E-state index contributed by atoms with van der Waals surface area (Å²) in [6.07, 6.45) is -0.842. The molecule has 4 heterocycles. The Kier molecular flexibility index (Phi) is 11.8. The van der Waals surface area contributed by atoms with Crippen LogP contribution in [0.25, 0.3) is 11.3 Å². The molecule has 316 valence electrons. The number of benzene rings is 2. The van der Waals surface area contributed by atoms with E-state index in [-0.39, 0.29) is 60.1 Å². The van der Waals surface area contributed by atoms with Crippen LogP contribution in [-0.4, -0.2) is 91.4 Å². The number of amides is 3. The van der Waals surface area contributed by atoms with Crippen molar-refractivity contribution in [3.63, 3.8) is 0 Å². The van der Waals surface area contributed by atoms with Gasteiger partial charge in [-0.25, -0.2) is 23.1 Å². The summed E-state index contributed by atoms with van der Waals surface area (Å²) in [5, 5.41) is 30.1. The molecule has 5 N–H and O–H groups in total. The first kappa shape index (κ1) is 42.4. The maximum atomic E-state index is 13.9. The predicted octanol–water partition coefficient (Wildman–Crippen LogP) is 3.78. The van der Waals surface area contributed by atoms with Crippen molar-refractivity contribution in [1.82, 2.24) is 34.7 Å². The summed E-state index contributed by atoms with van der Waals surface area (Å²) >= 11 is 0. The standard InChI is InChI=1S/C40H41F3N8O8S/c1-39(2,56)22-50-21-24(19-45-50)34-30(40(41,42)43)20-44-38(48-34)46-25-10-14-28(15-11-25)60(57,58)49-26-8-12-27(13-9-26)59-18-4-6-23-5-3-7-29-33(23)37(55)51(36(29)54)31-16-17-32(52)47-35(31)53/h3,5,7,10-11,14-15,19-21,26-27,31,36,49,54,56H,8-9,12-13,16-18,22H2,1-2H3,(H,44,46,48)(H,47,52,53). The number of aliphatic hydroxyl groups is 2. The predicted molar refractivity (Wildman–Crippen MR) is 207 cm³/mol. The number of piperidine rings is 1. The average Bonchev–Trinajstić information content (AvgIpc) is 3.74. The van der Waals surface area contributed by atoms with Crippen LogP contribution in [0.3, 0.4) is 0 Å². The van der Waals surface area contributed by atoms with Gasteiger partial charge in [0.05, 0.1) is 40.6 Å². The van der Waals surface area contributed by atoms with Crippen LogP contribution in [0.2, 0.25) is 0 Å². The zero-order valence-corrected chi connectivity index (χ0v) is 33.2. The zero-order chi connectivity index (χ0) is 43.0. The second kappa shape index (κ2) is 16.7. The van der Waals surface area contributed by atoms with Gasteiger partial charge in [-0.2, -0.15) is 18.3 Å². The van der Waals surface area contributed by atoms with Crippen LogP contribution in [0.5, 0.6) is 0 Å². The van der Waals surface area contributed by atoms with E-state index in [2.05, 4.69) is 42.3 Å². The molecule has 2 fully saturated rings. The maximum Gasteiger partial charge on any atom is 0.419 e. The van der Waals surface area contributed by atoms with E-state index < -0.39 is 63.0 Å². The Balaban J connectivity index is 0.913. The third-order valence-electron chi connectivity index (χ3n) is 10.2. The first-order chi connectivity index (χ1) is 28.4. The van der Waals surface area contributed by atoms with Crippen molar-refractivity contribution in [2.24, 2.45) is 0 Å². The Bertz CT molecular complexity index is 2470. The van der Waals surface area contributed by atoms with Gasteiger partial charge in [0.1, 0.15) is 18.2 Å². The molecule has 4 aromatic rings. The smallest absolute Gasteiger partial charge is 0.389 e. The van der Waals surface area contributed by atoms with Crippen LogP contribution in [0, 0.1) is 11.8 Å². The van der Waals surface area contributed by atoms with E-state index in [4.69, 9.17) is 4.74 Å². The molecule has 16 nitrogen and oxygen atoms in total. The minimum absolute atomic E-state index is 0.0198. The highest BCUT2D eigenvalue weighted by molar-refractivity contribution is 7.89. The quantitative estimate of drug-likeness (QED) is 0.108. The SMILES string of the molecule is CC(C)(O)Cn1cc(-c2nc(Nc3ccc(S(=O)(=O)NC4CCC(OCC#Cc5cccc6c5C(=O)N(C5CCC(=O)NC5=O)C6O)CC4)cc3)ncc2C(F)(F)F)cn1. The molecule has 0 bridgehead atoms. The van der Waals surface area contributed by atoms with Gasteiger partial charge in [0.15, 0.2) is 6.23 Å². The second-order valence-electron chi connectivity index (χ2n) is 15.4. The van der Waals surface area contributed by atoms with Crippen molar-refractivity contribution in [2.75, 3.05) is 11.9 Å². The number of hydrogen-bond acceptors (Lipinski definition) is 12. The highest BCUT2D eigenvalue weighted by Crippen LogP contribution is 2.38. The van der Waals surface area contributed by atoms with Crippen molar-refractivity contribution < 1.29 is 50.9 Å². The fourth-order valence-corrected chi connectivity index (χ4v) is 8.69. The summed E-state index contributed by atoms with van der Waals surface area (Å²) in [6.45, 7) is 3.15. The number of imide groups is 1. The lowest BCUT2D eigenvalue weighted by Crippen LogP contribution is -2.53. The number of aliphatic hydroxyl groups excluding tert-OH is 1. The summed E-state index contributed by atoms with van der Waals surface area (Å²) in [5.41, 5.74) is -1.40. The van der Waals surface area contributed by atoms with Gasteiger partial charge in [-0.15, -0.1) is 0 Å². The van der Waals surface area contributed by atoms with Crippen LogP contribution >= 0.6 is 0 Å². The van der Waals surface area contributed by atoms with Crippen LogP contribution in [0.15, 0.2) is 66.0 Å². The molecule has 1 saturated carbocycles. The molecule has 2 unspecified atom stereocenters. The molecule has 7 rings (SSSR count). The van der Waals surface area contributed by atoms with Crippen LogP contribution < -0.4 is 15.4 Å². The molecule has 2 aromatic heterocycles. The number of alkyl halides is 3. The summed E-state index contributed by atoms with van der Waals surface area (Å²) in [5.74, 6) is 4.05. The Morgan fingerprint density at radius 3 is 2.43 bits per heavy atom. The number of anilines is 2. The van der Waals surface area contributed by atoms with Crippen LogP contribution in [-0.2, 0) is 37.1 Å². The van der Waals surface area contributed by atoms with E-state index in [1.165, 1.54) is 41.3 Å². The van der Waals surface area contributed by atoms with Crippen LogP contribution in [0.1, 0.15) is 85.6 Å². The Hall–Kier alpha value is -5.72. The number of rotatable bonds is 11. The summed E-state index contributed by atoms with van der Waals surface area (Å²) < 4.78 is 78.2. The molecule has 60 heavy (non-hydrogen) atoms. The molecule has 0 radical (unpaired) electrons. The Morgan fingerprint density at radius 2 is 1.75 bits per heavy atom. The monoisotopic (exact) mass is 850 g/mol. The minimum atomic E-state index is -4.76. The van der Waals surface area contributed by atoms with E-state index >= 15 is 0 Å². The maximum absolute atomic E-state index is 13.9. The third kappa shape index (κ3) is 9.50. The molecule has 3 amide bonds. The molecule has 3 aliphatic rings. The van der Waals surface area contributed by atoms with E-state index in [1.54, 1.807) is 32.0 Å². The van der Waals surface area contributed by atoms with Crippen molar-refractivity contribution in [2.45, 2.75) is 100 Å². The van der Waals surface area contributed by atoms with E-state index in [9.17, 15) is 46.2 Å². The van der Waals surface area contributed by atoms with Gasteiger partial charge in [0.2, 0.25) is 27.8 Å². The van der Waals surface area contributed by atoms with E-state index in [0.717, 1.165) is 4.90 Å². The summed E-state index contributed by atoms with van der Waals surface area (Å²) in [6, 6.07) is 9.11. The molecule has 2 atom stereocenters. The third-order valence-corrected chi connectivity index (χ3v) is 11.7. The molecular weight excluding hydrogens is 810 g/mol. The molecule has 1 aliphatic carbocycles. The van der Waals surface area contributed by atoms with Gasteiger partial charge in [-0.05, 0) is 76.3 Å². The van der Waals surface area contributed by atoms with Crippen LogP contribution in [0.4, 0.5) is 24.8 Å². The highest BCUT2D eigenvalue weighted by atomic mass is 32.2. The number of hydrogen-bond donors (Lipinski definition) is 5. The Morgan fingerprint density at radius 1 is 1.02 bits per heavy atom. The zero-order valence-electron chi connectivity index (χ0n) is 32.4. The first-order valence-electron chi connectivity index (χ1n) is 19.0. The van der Waals surface area contributed by atoms with Gasteiger partial charge >= 0.3 is 6.18 Å². The normalized spacial score (nSPS) is 21.0. The van der Waals surface area contributed by atoms with Gasteiger partial charge in [0, 0.05) is 47.2 Å². The lowest BCUT2D eigenvalue weighted by Gasteiger charge is -2.31. The molecule has 20 heteroatoms. The fourth-order valence-electron chi connectivity index (χ4n) is 7.39. The number of nitrogens with zero attached hydrogens (tertiary/aromatic N) is 5. The fraction of sp³-hybridized carbons (Fsp3) is 0.400. The number of ether oxygens (including phenoxy) is 1. The molecule has 2 aliphatic heterocycles. The number of nitrogens with one attached hydrogen (secondary N) is 3. The number of aromatic nitrogens is 4. The lowest BCUT2D eigenvalue weighted by atomic mass is 9.94. The van der Waals surface area contributed by atoms with Gasteiger partial charge < -0.3 is 20.3 Å². The number of carbonyl (C=O) groups is 3. The number of sulfonamides is 1. The van der Waals surface area contributed by atoms with Crippen molar-refractivity contribution in [3.05, 3.63) is 83.3 Å². The number of fused-ring (bicyclic) bond motifs is 1. The van der Waals surface area contributed by atoms with E-state index in [0.29, 0.717) is 48.7 Å². The van der Waals surface area contributed by atoms with Gasteiger partial charge in [-0.1, -0.05) is 24.0 Å². The highest BCUT2D eigenvalue weighted by Gasteiger charge is 2.45. The van der Waals surface area contributed by atoms with Crippen molar-refractivity contribution in [1.29, 1.82) is 0 Å². The molecule has 1 saturated heterocycles. The number of halogens is 3. The summed E-state index contributed by atoms with van der Waals surface area (Å²) in [4.78, 5) is 46.4. The molecular formula is C40H41F3N8O8S. The molecule has 2 aromatic carbocycles. The largest absolute Gasteiger partial charge is 0.419 e. The lowest BCUT2D eigenvalue weighted by molar-refractivity contribution is -0.140. The van der Waals surface area contributed by atoms with Gasteiger partial charge in [0.25, 0.3) is 5.91 Å². The minimum Gasteiger partial charge on any atom is -0.389 e. The average molecular weight is 851 g/mol. The van der Waals surface area contributed by atoms with E-state index in [1.807, 2.05) is 0 Å². The van der Waals surface area contributed by atoms with Gasteiger partial charge in [-0.3, -0.25) is 29.3 Å².